The molecule has 0 aliphatic heterocycles. The summed E-state index contributed by atoms with van der Waals surface area (Å²) in [7, 11) is 0. The molecule has 0 amide bonds. The molecule has 0 atom stereocenters. The van der Waals surface area contributed by atoms with Crippen molar-refractivity contribution < 1.29 is 9.90 Å². The van der Waals surface area contributed by atoms with Crippen LogP contribution in [0.3, 0.4) is 0 Å². The van der Waals surface area contributed by atoms with Crippen LogP contribution in [0.25, 0.3) is 16.8 Å². The number of carboxylic acid groups (broad SMARTS) is 1. The van der Waals surface area contributed by atoms with Crippen molar-refractivity contribution in [3.05, 3.63) is 78.1 Å². The van der Waals surface area contributed by atoms with Crippen LogP contribution in [0.4, 0.5) is 0 Å². The van der Waals surface area contributed by atoms with Crippen molar-refractivity contribution in [2.45, 2.75) is 6.54 Å². The van der Waals surface area contributed by atoms with E-state index in [-0.39, 0.29) is 0 Å². The molecule has 3 heteroatoms. The third-order valence-electron chi connectivity index (χ3n) is 3.48. The predicted octanol–water partition coefficient (Wildman–Crippen LogP) is 3.79. The number of hydrogen-bond acceptors (Lipinski definition) is 1. The summed E-state index contributed by atoms with van der Waals surface area (Å²) in [6.07, 6.45) is 4.74. The lowest BCUT2D eigenvalue weighted by Gasteiger charge is -2.10. The highest BCUT2D eigenvalue weighted by Gasteiger charge is 2.03. The minimum Gasteiger partial charge on any atom is -0.478 e. The molecule has 104 valence electrons. The second-order valence-corrected chi connectivity index (χ2v) is 4.87. The first-order valence-electron chi connectivity index (χ1n) is 6.77. The standard InChI is InChI=1S/C18H15NO2/c20-18(21)11-10-16-8-4-12-19(16)13-15-7-3-6-14-5-1-2-9-17(14)15/h1-12H,13H2,(H,20,21)/b11-10+. The lowest BCUT2D eigenvalue weighted by Crippen LogP contribution is -2.01. The summed E-state index contributed by atoms with van der Waals surface area (Å²) < 4.78 is 2.04. The van der Waals surface area contributed by atoms with Crippen molar-refractivity contribution in [3.63, 3.8) is 0 Å². The number of hydrogen-bond donors (Lipinski definition) is 1. The van der Waals surface area contributed by atoms with E-state index in [2.05, 4.69) is 24.3 Å². The molecular formula is C18H15NO2. The molecule has 0 fully saturated rings. The van der Waals surface area contributed by atoms with E-state index in [9.17, 15) is 4.79 Å². The third-order valence-corrected chi connectivity index (χ3v) is 3.48. The van der Waals surface area contributed by atoms with Gasteiger partial charge in [-0.2, -0.15) is 0 Å². The molecule has 0 saturated carbocycles. The van der Waals surface area contributed by atoms with Crippen LogP contribution >= 0.6 is 0 Å². The largest absolute Gasteiger partial charge is 0.478 e. The maximum Gasteiger partial charge on any atom is 0.328 e. The van der Waals surface area contributed by atoms with E-state index < -0.39 is 5.97 Å². The van der Waals surface area contributed by atoms with Crippen LogP contribution in [0.2, 0.25) is 0 Å². The Bertz CT molecular complexity index is 809. The van der Waals surface area contributed by atoms with E-state index >= 15 is 0 Å². The zero-order chi connectivity index (χ0) is 14.7. The highest BCUT2D eigenvalue weighted by Crippen LogP contribution is 2.20. The molecule has 0 unspecified atom stereocenters. The van der Waals surface area contributed by atoms with Crippen LogP contribution in [-0.4, -0.2) is 15.6 Å². The Kier molecular flexibility index (Phi) is 3.56. The topological polar surface area (TPSA) is 42.2 Å². The maximum absolute atomic E-state index is 10.6. The van der Waals surface area contributed by atoms with Gasteiger partial charge < -0.3 is 9.67 Å². The Morgan fingerprint density at radius 3 is 2.71 bits per heavy atom. The normalized spacial score (nSPS) is 11.2. The van der Waals surface area contributed by atoms with Gasteiger partial charge in [0.15, 0.2) is 0 Å². The summed E-state index contributed by atoms with van der Waals surface area (Å²) in [5.41, 5.74) is 2.10. The van der Waals surface area contributed by atoms with Gasteiger partial charge in [0.25, 0.3) is 0 Å². The monoisotopic (exact) mass is 277 g/mol. The van der Waals surface area contributed by atoms with Crippen molar-refractivity contribution in [3.8, 4) is 0 Å². The zero-order valence-electron chi connectivity index (χ0n) is 11.4. The van der Waals surface area contributed by atoms with Crippen molar-refractivity contribution in [2.75, 3.05) is 0 Å². The van der Waals surface area contributed by atoms with Crippen LogP contribution in [0.15, 0.2) is 66.9 Å². The van der Waals surface area contributed by atoms with Gasteiger partial charge in [0.05, 0.1) is 0 Å². The number of rotatable bonds is 4. The number of carbonyl (C=O) groups is 1. The molecule has 0 radical (unpaired) electrons. The molecule has 0 spiro atoms. The molecule has 0 aliphatic carbocycles. The fourth-order valence-electron chi connectivity index (χ4n) is 2.49. The van der Waals surface area contributed by atoms with Crippen LogP contribution in [-0.2, 0) is 11.3 Å². The van der Waals surface area contributed by atoms with Crippen LogP contribution in [0, 0.1) is 0 Å². The highest BCUT2D eigenvalue weighted by atomic mass is 16.4. The highest BCUT2D eigenvalue weighted by molar-refractivity contribution is 5.86. The summed E-state index contributed by atoms with van der Waals surface area (Å²) in [6.45, 7) is 0.716. The SMILES string of the molecule is O=C(O)/C=C/c1cccn1Cc1cccc2ccccc12. The first-order valence-corrected chi connectivity index (χ1v) is 6.77. The van der Waals surface area contributed by atoms with Gasteiger partial charge in [0.2, 0.25) is 0 Å². The smallest absolute Gasteiger partial charge is 0.328 e. The number of benzene rings is 2. The Labute approximate surface area is 122 Å². The Balaban J connectivity index is 1.96. The first-order chi connectivity index (χ1) is 10.2. The summed E-state index contributed by atoms with van der Waals surface area (Å²) in [6, 6.07) is 18.4. The minimum atomic E-state index is -0.937. The lowest BCUT2D eigenvalue weighted by atomic mass is 10.0. The summed E-state index contributed by atoms with van der Waals surface area (Å²) in [4.78, 5) is 10.6. The molecule has 1 heterocycles. The first kappa shape index (κ1) is 13.2. The maximum atomic E-state index is 10.6. The summed E-state index contributed by atoms with van der Waals surface area (Å²) in [5, 5.41) is 11.2. The molecule has 0 saturated heterocycles. The van der Waals surface area contributed by atoms with Gasteiger partial charge in [-0.25, -0.2) is 4.79 Å². The van der Waals surface area contributed by atoms with Crippen LogP contribution < -0.4 is 0 Å². The van der Waals surface area contributed by atoms with E-state index in [1.807, 2.05) is 41.1 Å². The van der Waals surface area contributed by atoms with Crippen LogP contribution in [0.1, 0.15) is 11.3 Å². The van der Waals surface area contributed by atoms with Gasteiger partial charge in [0, 0.05) is 24.5 Å². The molecule has 3 nitrogen and oxygen atoms in total. The average molecular weight is 277 g/mol. The van der Waals surface area contributed by atoms with Gasteiger partial charge in [-0.1, -0.05) is 42.5 Å². The number of carboxylic acids is 1. The molecule has 3 rings (SSSR count). The number of nitrogens with zero attached hydrogens (tertiary/aromatic N) is 1. The van der Waals surface area contributed by atoms with Crippen LogP contribution in [0.5, 0.6) is 0 Å². The summed E-state index contributed by atoms with van der Waals surface area (Å²) >= 11 is 0. The van der Waals surface area contributed by atoms with Gasteiger partial charge in [-0.15, -0.1) is 0 Å². The summed E-state index contributed by atoms with van der Waals surface area (Å²) in [5.74, 6) is -0.937. The molecule has 1 aromatic heterocycles. The van der Waals surface area contributed by atoms with Crippen molar-refractivity contribution in [1.82, 2.24) is 4.57 Å². The van der Waals surface area contributed by atoms with Crippen molar-refractivity contribution in [1.29, 1.82) is 0 Å². The Hall–Kier alpha value is -2.81. The second kappa shape index (κ2) is 5.67. The van der Waals surface area contributed by atoms with E-state index in [0.717, 1.165) is 11.8 Å². The van der Waals surface area contributed by atoms with Gasteiger partial charge in [-0.3, -0.25) is 0 Å². The molecule has 21 heavy (non-hydrogen) atoms. The van der Waals surface area contributed by atoms with Gasteiger partial charge in [0.1, 0.15) is 0 Å². The number of aromatic nitrogens is 1. The number of fused-ring (bicyclic) bond motifs is 1. The zero-order valence-corrected chi connectivity index (χ0v) is 11.4. The minimum absolute atomic E-state index is 0.716. The predicted molar refractivity (Wildman–Crippen MR) is 84.2 cm³/mol. The number of aliphatic carboxylic acids is 1. The van der Waals surface area contributed by atoms with Crippen molar-refractivity contribution in [2.24, 2.45) is 0 Å². The third kappa shape index (κ3) is 2.87. The van der Waals surface area contributed by atoms with Gasteiger partial charge >= 0.3 is 5.97 Å². The van der Waals surface area contributed by atoms with E-state index in [0.29, 0.717) is 6.54 Å². The second-order valence-electron chi connectivity index (χ2n) is 4.87. The molecule has 1 N–H and O–H groups in total. The fraction of sp³-hybridized carbons (Fsp3) is 0.0556. The average Bonchev–Trinajstić information content (AvgIpc) is 2.93. The molecule has 0 bridgehead atoms. The Morgan fingerprint density at radius 2 is 1.86 bits per heavy atom. The Morgan fingerprint density at radius 1 is 1.05 bits per heavy atom. The fourth-order valence-corrected chi connectivity index (χ4v) is 2.49. The molecule has 3 aromatic rings. The van der Waals surface area contributed by atoms with E-state index in [4.69, 9.17) is 5.11 Å². The van der Waals surface area contributed by atoms with Gasteiger partial charge in [-0.05, 0) is 34.5 Å². The van der Waals surface area contributed by atoms with E-state index in [1.165, 1.54) is 16.3 Å². The van der Waals surface area contributed by atoms with Crippen molar-refractivity contribution >= 4 is 22.8 Å². The molecule has 0 aliphatic rings. The molecule has 2 aromatic carbocycles. The molecular weight excluding hydrogens is 262 g/mol. The van der Waals surface area contributed by atoms with E-state index in [1.54, 1.807) is 6.08 Å². The lowest BCUT2D eigenvalue weighted by molar-refractivity contribution is -0.131. The quantitative estimate of drug-likeness (QED) is 0.737.